The van der Waals surface area contributed by atoms with Gasteiger partial charge in [0.25, 0.3) is 11.8 Å². The highest BCUT2D eigenvalue weighted by Crippen LogP contribution is 2.40. The number of halogens is 2. The van der Waals surface area contributed by atoms with Gasteiger partial charge in [-0.15, -0.1) is 23.1 Å². The van der Waals surface area contributed by atoms with E-state index in [0.717, 1.165) is 16.7 Å². The quantitative estimate of drug-likeness (QED) is 0.0900. The molecule has 0 aliphatic carbocycles. The van der Waals surface area contributed by atoms with Crippen LogP contribution in [0.1, 0.15) is 32.3 Å². The van der Waals surface area contributed by atoms with Crippen molar-refractivity contribution in [3.8, 4) is 17.2 Å². The molecule has 0 aliphatic heterocycles. The number of rotatable bonds is 11. The number of nitrogens with one attached hydrogen (secondary N) is 3. The average Bonchev–Trinajstić information content (AvgIpc) is 3.58. The van der Waals surface area contributed by atoms with Gasteiger partial charge in [0.05, 0.1) is 5.56 Å². The van der Waals surface area contributed by atoms with Crippen molar-refractivity contribution in [1.82, 2.24) is 5.32 Å². The van der Waals surface area contributed by atoms with Gasteiger partial charge in [0.1, 0.15) is 22.0 Å². The molecule has 3 amide bonds. The average molecular weight is 760 g/mol. The summed E-state index contributed by atoms with van der Waals surface area (Å²) in [6.07, 6.45) is 1.43. The zero-order valence-electron chi connectivity index (χ0n) is 27.2. The van der Waals surface area contributed by atoms with Crippen molar-refractivity contribution in [2.45, 2.75) is 10.1 Å². The molecule has 0 radical (unpaired) electrons. The predicted molar refractivity (Wildman–Crippen MR) is 212 cm³/mol. The molecule has 0 aliphatic rings. The topological polar surface area (TPSA) is 111 Å². The number of carbonyl (C=O) groups excluding carboxylic acids is 3. The fourth-order valence-corrected chi connectivity index (χ4v) is 7.70. The summed E-state index contributed by atoms with van der Waals surface area (Å²) in [6, 6.07) is 41.6. The van der Waals surface area contributed by atoms with Gasteiger partial charge in [-0.25, -0.2) is 0 Å². The third kappa shape index (κ3) is 8.80. The van der Waals surface area contributed by atoms with Gasteiger partial charge in [0.15, 0.2) is 0 Å². The molecule has 1 unspecified atom stereocenters. The van der Waals surface area contributed by atoms with Crippen LogP contribution in [0.2, 0.25) is 10.0 Å². The van der Waals surface area contributed by atoms with Crippen molar-refractivity contribution >= 4 is 80.8 Å². The van der Waals surface area contributed by atoms with Gasteiger partial charge >= 0.3 is 0 Å². The highest BCUT2D eigenvalue weighted by Gasteiger charge is 2.25. The van der Waals surface area contributed by atoms with Crippen LogP contribution < -0.4 is 16.0 Å². The Morgan fingerprint density at radius 1 is 0.769 bits per heavy atom. The summed E-state index contributed by atoms with van der Waals surface area (Å²) in [5.74, 6) is -1.42. The highest BCUT2D eigenvalue weighted by atomic mass is 35.5. The van der Waals surface area contributed by atoms with Crippen molar-refractivity contribution in [1.29, 1.82) is 5.26 Å². The SMILES string of the molecule is N#Cc1c(-c2ccccc2)csc1NC(=O)C(Sc1cccc(NC(=O)/C(=C\c2c(Cl)cccc2Cl)NC(=O)c2ccccc2)c1)c1ccccc1. The first-order valence-corrected chi connectivity index (χ1v) is 18.3. The summed E-state index contributed by atoms with van der Waals surface area (Å²) >= 11 is 15.4. The van der Waals surface area contributed by atoms with Crippen LogP contribution >= 0.6 is 46.3 Å². The monoisotopic (exact) mass is 758 g/mol. The molecule has 0 bridgehead atoms. The number of thioether (sulfide) groups is 1. The van der Waals surface area contributed by atoms with E-state index in [2.05, 4.69) is 22.0 Å². The Bertz CT molecular complexity index is 2290. The number of nitriles is 1. The first kappa shape index (κ1) is 36.2. The van der Waals surface area contributed by atoms with Gasteiger partial charge in [-0.3, -0.25) is 14.4 Å². The lowest BCUT2D eigenvalue weighted by atomic mass is 10.1. The maximum Gasteiger partial charge on any atom is 0.272 e. The predicted octanol–water partition coefficient (Wildman–Crippen LogP) is 10.5. The molecule has 0 fully saturated rings. The van der Waals surface area contributed by atoms with E-state index >= 15 is 0 Å². The molecule has 0 spiro atoms. The van der Waals surface area contributed by atoms with Gasteiger partial charge in [-0.05, 0) is 59.7 Å². The van der Waals surface area contributed by atoms with Crippen LogP contribution in [-0.2, 0) is 9.59 Å². The summed E-state index contributed by atoms with van der Waals surface area (Å²) < 4.78 is 0. The van der Waals surface area contributed by atoms with Crippen LogP contribution in [-0.4, -0.2) is 17.7 Å². The second kappa shape index (κ2) is 17.1. The van der Waals surface area contributed by atoms with Gasteiger partial charge in [0.2, 0.25) is 5.91 Å². The zero-order valence-corrected chi connectivity index (χ0v) is 30.3. The molecular weight excluding hydrogens is 732 g/mol. The Labute approximate surface area is 318 Å². The number of anilines is 2. The van der Waals surface area contributed by atoms with E-state index < -0.39 is 17.1 Å². The van der Waals surface area contributed by atoms with Gasteiger partial charge in [-0.1, -0.05) is 114 Å². The summed E-state index contributed by atoms with van der Waals surface area (Å²) in [7, 11) is 0. The van der Waals surface area contributed by atoms with E-state index in [0.29, 0.717) is 42.3 Å². The third-order valence-corrected chi connectivity index (χ3v) is 10.5. The zero-order chi connectivity index (χ0) is 36.5. The van der Waals surface area contributed by atoms with E-state index in [1.54, 1.807) is 66.7 Å². The highest BCUT2D eigenvalue weighted by molar-refractivity contribution is 8.00. The standard InChI is InChI=1S/C41H28Cl2N4O3S2/c42-34-20-11-21-35(43)31(34)23-36(46-38(48)28-16-8-3-9-17-28)39(49)45-29-18-10-19-30(22-29)52-37(27-14-6-2-7-15-27)40(50)47-41-32(24-44)33(25-51-41)26-12-4-1-5-13-26/h1-23,25,37H,(H,45,49)(H,46,48)(H,47,50)/b36-23+. The fraction of sp³-hybridized carbons (Fsp3) is 0.0244. The summed E-state index contributed by atoms with van der Waals surface area (Å²) in [4.78, 5) is 41.5. The Kier molecular flexibility index (Phi) is 11.9. The van der Waals surface area contributed by atoms with Crippen molar-refractivity contribution in [2.24, 2.45) is 0 Å². The van der Waals surface area contributed by atoms with E-state index in [4.69, 9.17) is 23.2 Å². The molecule has 3 N–H and O–H groups in total. The van der Waals surface area contributed by atoms with Gasteiger partial charge in [-0.2, -0.15) is 5.26 Å². The minimum Gasteiger partial charge on any atom is -0.321 e. The molecule has 5 aromatic carbocycles. The Hall–Kier alpha value is -5.63. The van der Waals surface area contributed by atoms with Crippen LogP contribution in [0.5, 0.6) is 0 Å². The number of thiophene rings is 1. The molecular formula is C41H28Cl2N4O3S2. The van der Waals surface area contributed by atoms with E-state index in [1.807, 2.05) is 72.1 Å². The molecule has 6 rings (SSSR count). The largest absolute Gasteiger partial charge is 0.321 e. The molecule has 0 saturated carbocycles. The first-order chi connectivity index (χ1) is 25.3. The lowest BCUT2D eigenvalue weighted by molar-refractivity contribution is -0.116. The Morgan fingerprint density at radius 2 is 1.40 bits per heavy atom. The maximum absolute atomic E-state index is 14.0. The van der Waals surface area contributed by atoms with E-state index in [1.165, 1.54) is 29.2 Å². The molecule has 0 saturated heterocycles. The molecule has 1 atom stereocenters. The number of nitrogens with zero attached hydrogens (tertiary/aromatic N) is 1. The van der Waals surface area contributed by atoms with Crippen LogP contribution in [0.3, 0.4) is 0 Å². The van der Waals surface area contributed by atoms with Gasteiger partial charge in [0, 0.05) is 42.7 Å². The molecule has 11 heteroatoms. The van der Waals surface area contributed by atoms with E-state index in [-0.39, 0.29) is 11.6 Å². The molecule has 256 valence electrons. The minimum atomic E-state index is -0.705. The first-order valence-electron chi connectivity index (χ1n) is 15.8. The number of carbonyl (C=O) groups is 3. The number of benzene rings is 5. The van der Waals surface area contributed by atoms with Crippen molar-refractivity contribution < 1.29 is 14.4 Å². The minimum absolute atomic E-state index is 0.0810. The van der Waals surface area contributed by atoms with Crippen molar-refractivity contribution in [3.05, 3.63) is 177 Å². The molecule has 1 aromatic heterocycles. The second-order valence-electron chi connectivity index (χ2n) is 11.2. The summed E-state index contributed by atoms with van der Waals surface area (Å²) in [5.41, 5.74) is 3.85. The van der Waals surface area contributed by atoms with Crippen molar-refractivity contribution in [3.63, 3.8) is 0 Å². The van der Waals surface area contributed by atoms with Crippen molar-refractivity contribution in [2.75, 3.05) is 10.6 Å². The number of hydrogen-bond acceptors (Lipinski definition) is 6. The molecule has 6 aromatic rings. The molecule has 52 heavy (non-hydrogen) atoms. The summed E-state index contributed by atoms with van der Waals surface area (Å²) in [6.45, 7) is 0. The number of amides is 3. The second-order valence-corrected chi connectivity index (χ2v) is 14.1. The van der Waals surface area contributed by atoms with Crippen LogP contribution in [0.25, 0.3) is 17.2 Å². The smallest absolute Gasteiger partial charge is 0.272 e. The maximum atomic E-state index is 14.0. The fourth-order valence-electron chi connectivity index (χ4n) is 5.19. The van der Waals surface area contributed by atoms with Crippen LogP contribution in [0, 0.1) is 11.3 Å². The van der Waals surface area contributed by atoms with Crippen LogP contribution in [0.15, 0.2) is 149 Å². The van der Waals surface area contributed by atoms with Crippen LogP contribution in [0.4, 0.5) is 10.7 Å². The number of hydrogen-bond donors (Lipinski definition) is 3. The lowest BCUT2D eigenvalue weighted by Gasteiger charge is -2.18. The van der Waals surface area contributed by atoms with Gasteiger partial charge < -0.3 is 16.0 Å². The summed E-state index contributed by atoms with van der Waals surface area (Å²) in [5, 5.41) is 20.8. The lowest BCUT2D eigenvalue weighted by Crippen LogP contribution is -2.30. The Balaban J connectivity index is 1.25. The molecule has 1 heterocycles. The normalized spacial score (nSPS) is 11.6. The van der Waals surface area contributed by atoms with E-state index in [9.17, 15) is 19.6 Å². The molecule has 7 nitrogen and oxygen atoms in total. The third-order valence-electron chi connectivity index (χ3n) is 7.73. The Morgan fingerprint density at radius 3 is 2.08 bits per heavy atom.